The van der Waals surface area contributed by atoms with E-state index in [0.717, 1.165) is 50.9 Å². The van der Waals surface area contributed by atoms with Crippen molar-refractivity contribution in [2.24, 2.45) is 0 Å². The molecular weight excluding hydrogens is 397 g/mol. The summed E-state index contributed by atoms with van der Waals surface area (Å²) >= 11 is 0. The molecule has 4 rings (SSSR count). The normalized spacial score (nSPS) is 19.0. The highest BCUT2D eigenvalue weighted by Gasteiger charge is 2.32. The molecule has 1 unspecified atom stereocenters. The minimum absolute atomic E-state index is 0.0905. The summed E-state index contributed by atoms with van der Waals surface area (Å²) < 4.78 is 13.1. The Hall–Kier alpha value is -2.87. The van der Waals surface area contributed by atoms with E-state index in [1.54, 1.807) is 18.3 Å². The number of nitrogens with one attached hydrogen (secondary N) is 1. The van der Waals surface area contributed by atoms with E-state index in [1.807, 2.05) is 11.8 Å². The van der Waals surface area contributed by atoms with Gasteiger partial charge in [0.25, 0.3) is 5.91 Å². The lowest BCUT2D eigenvalue weighted by Crippen LogP contribution is -2.49. The fourth-order valence-electron chi connectivity index (χ4n) is 4.13. The van der Waals surface area contributed by atoms with Crippen LogP contribution in [-0.4, -0.2) is 57.8 Å². The average Bonchev–Trinajstić information content (AvgIpc) is 2.72. The number of nitrogens with zero attached hydrogens (tertiary/aromatic N) is 4. The summed E-state index contributed by atoms with van der Waals surface area (Å²) in [6.45, 7) is 4.92. The number of rotatable bonds is 6. The average molecular weight is 426 g/mol. The van der Waals surface area contributed by atoms with Gasteiger partial charge in [0.1, 0.15) is 11.6 Å². The number of amides is 2. The zero-order valence-corrected chi connectivity index (χ0v) is 17.8. The first-order chi connectivity index (χ1) is 15.0. The summed E-state index contributed by atoms with van der Waals surface area (Å²) in [5.74, 6) is 0.171. The van der Waals surface area contributed by atoms with Crippen molar-refractivity contribution >= 4 is 11.8 Å². The lowest BCUT2D eigenvalue weighted by atomic mass is 9.96. The Labute approximate surface area is 181 Å². The van der Waals surface area contributed by atoms with Crippen LogP contribution in [0.4, 0.5) is 4.39 Å². The van der Waals surface area contributed by atoms with Gasteiger partial charge in [-0.2, -0.15) is 0 Å². The number of benzene rings is 1. The number of hydrogen-bond acceptors (Lipinski definition) is 5. The van der Waals surface area contributed by atoms with Crippen LogP contribution in [0.5, 0.6) is 0 Å². The van der Waals surface area contributed by atoms with Crippen LogP contribution in [-0.2, 0) is 11.3 Å². The molecule has 0 saturated carbocycles. The lowest BCUT2D eigenvalue weighted by Gasteiger charge is -2.38. The Balaban J connectivity index is 1.52. The number of piperidine rings is 1. The SMILES string of the molecule is Cc1ncc(C(=O)NCc2ccc(F)cc2)c(C2CCCCN2CC(=O)N2CCC2)n1. The molecule has 2 fully saturated rings. The van der Waals surface area contributed by atoms with E-state index >= 15 is 0 Å². The molecule has 8 heteroatoms. The first-order valence-corrected chi connectivity index (χ1v) is 10.9. The second kappa shape index (κ2) is 9.51. The third-order valence-electron chi connectivity index (χ3n) is 6.03. The number of likely N-dealkylation sites (tertiary alicyclic amines) is 2. The highest BCUT2D eigenvalue weighted by Crippen LogP contribution is 2.32. The Morgan fingerprint density at radius 2 is 1.90 bits per heavy atom. The number of carbonyl (C=O) groups excluding carboxylic acids is 2. The largest absolute Gasteiger partial charge is 0.348 e. The van der Waals surface area contributed by atoms with E-state index in [9.17, 15) is 14.0 Å². The molecule has 2 saturated heterocycles. The van der Waals surface area contributed by atoms with Crippen molar-refractivity contribution in [3.05, 3.63) is 58.9 Å². The van der Waals surface area contributed by atoms with Crippen LogP contribution in [0.25, 0.3) is 0 Å². The maximum Gasteiger partial charge on any atom is 0.255 e. The summed E-state index contributed by atoms with van der Waals surface area (Å²) in [7, 11) is 0. The lowest BCUT2D eigenvalue weighted by molar-refractivity contribution is -0.136. The predicted octanol–water partition coefficient (Wildman–Crippen LogP) is 2.61. The molecular formula is C23H28FN5O2. The predicted molar refractivity (Wildman–Crippen MR) is 114 cm³/mol. The van der Waals surface area contributed by atoms with Crippen molar-refractivity contribution in [1.29, 1.82) is 0 Å². The van der Waals surface area contributed by atoms with Gasteiger partial charge < -0.3 is 10.2 Å². The Morgan fingerprint density at radius 3 is 2.61 bits per heavy atom. The van der Waals surface area contributed by atoms with Gasteiger partial charge in [-0.25, -0.2) is 14.4 Å². The summed E-state index contributed by atoms with van der Waals surface area (Å²) in [5.41, 5.74) is 1.92. The van der Waals surface area contributed by atoms with Gasteiger partial charge in [0, 0.05) is 25.8 Å². The highest BCUT2D eigenvalue weighted by molar-refractivity contribution is 5.95. The molecule has 31 heavy (non-hydrogen) atoms. The van der Waals surface area contributed by atoms with Crippen molar-refractivity contribution in [1.82, 2.24) is 25.1 Å². The van der Waals surface area contributed by atoms with Crippen molar-refractivity contribution < 1.29 is 14.0 Å². The van der Waals surface area contributed by atoms with Gasteiger partial charge >= 0.3 is 0 Å². The number of halogens is 1. The van der Waals surface area contributed by atoms with Gasteiger partial charge in [-0.1, -0.05) is 18.6 Å². The minimum atomic E-state index is -0.311. The first kappa shape index (κ1) is 21.4. The molecule has 164 valence electrons. The van der Waals surface area contributed by atoms with E-state index in [2.05, 4.69) is 20.2 Å². The van der Waals surface area contributed by atoms with E-state index in [-0.39, 0.29) is 30.2 Å². The molecule has 2 aromatic rings. The summed E-state index contributed by atoms with van der Waals surface area (Å²) in [6.07, 6.45) is 5.54. The van der Waals surface area contributed by atoms with Gasteiger partial charge in [-0.15, -0.1) is 0 Å². The van der Waals surface area contributed by atoms with Crippen molar-refractivity contribution in [2.75, 3.05) is 26.2 Å². The fourth-order valence-corrected chi connectivity index (χ4v) is 4.13. The Kier molecular flexibility index (Phi) is 6.56. The Bertz CT molecular complexity index is 945. The second-order valence-corrected chi connectivity index (χ2v) is 8.24. The maximum absolute atomic E-state index is 13.1. The third kappa shape index (κ3) is 5.07. The smallest absolute Gasteiger partial charge is 0.255 e. The van der Waals surface area contributed by atoms with Crippen molar-refractivity contribution in [3.8, 4) is 0 Å². The number of aryl methyl sites for hydroxylation is 1. The zero-order chi connectivity index (χ0) is 21.8. The van der Waals surface area contributed by atoms with Crippen LogP contribution >= 0.6 is 0 Å². The fraction of sp³-hybridized carbons (Fsp3) is 0.478. The van der Waals surface area contributed by atoms with E-state index < -0.39 is 0 Å². The van der Waals surface area contributed by atoms with Crippen LogP contribution in [0.2, 0.25) is 0 Å². The molecule has 2 aliphatic rings. The molecule has 0 bridgehead atoms. The minimum Gasteiger partial charge on any atom is -0.348 e. The molecule has 0 spiro atoms. The molecule has 0 radical (unpaired) electrons. The zero-order valence-electron chi connectivity index (χ0n) is 17.8. The number of aromatic nitrogens is 2. The van der Waals surface area contributed by atoms with Crippen LogP contribution < -0.4 is 5.32 Å². The molecule has 1 atom stereocenters. The number of hydrogen-bond donors (Lipinski definition) is 1. The molecule has 1 N–H and O–H groups in total. The molecule has 2 aliphatic heterocycles. The van der Waals surface area contributed by atoms with Gasteiger partial charge in [-0.3, -0.25) is 14.5 Å². The van der Waals surface area contributed by atoms with Gasteiger partial charge in [0.2, 0.25) is 5.91 Å². The molecule has 1 aromatic heterocycles. The van der Waals surface area contributed by atoms with Crippen LogP contribution in [0, 0.1) is 12.7 Å². The second-order valence-electron chi connectivity index (χ2n) is 8.24. The van der Waals surface area contributed by atoms with E-state index in [0.29, 0.717) is 23.6 Å². The standard InChI is InChI=1S/C23H28FN5O2/c1-16-25-14-19(23(31)26-13-17-6-8-18(24)9-7-17)22(27-16)20-5-2-3-10-29(20)15-21(30)28-11-4-12-28/h6-9,14,20H,2-5,10-13,15H2,1H3,(H,26,31). The van der Waals surface area contributed by atoms with Gasteiger partial charge in [0.15, 0.2) is 0 Å². The van der Waals surface area contributed by atoms with Crippen LogP contribution in [0.15, 0.2) is 30.5 Å². The topological polar surface area (TPSA) is 78.4 Å². The van der Waals surface area contributed by atoms with Crippen molar-refractivity contribution in [3.63, 3.8) is 0 Å². The van der Waals surface area contributed by atoms with E-state index in [4.69, 9.17) is 0 Å². The third-order valence-corrected chi connectivity index (χ3v) is 6.03. The quantitative estimate of drug-likeness (QED) is 0.770. The van der Waals surface area contributed by atoms with Crippen molar-refractivity contribution in [2.45, 2.75) is 45.2 Å². The summed E-state index contributed by atoms with van der Waals surface area (Å²) in [4.78, 5) is 38.5. The van der Waals surface area contributed by atoms with Crippen LogP contribution in [0.3, 0.4) is 0 Å². The molecule has 2 amide bonds. The maximum atomic E-state index is 13.1. The molecule has 7 nitrogen and oxygen atoms in total. The number of carbonyl (C=O) groups is 2. The van der Waals surface area contributed by atoms with Crippen LogP contribution in [0.1, 0.15) is 59.2 Å². The Morgan fingerprint density at radius 1 is 1.13 bits per heavy atom. The summed E-state index contributed by atoms with van der Waals surface area (Å²) in [5, 5.41) is 2.89. The van der Waals surface area contributed by atoms with Gasteiger partial charge in [-0.05, 0) is 50.4 Å². The highest BCUT2D eigenvalue weighted by atomic mass is 19.1. The summed E-state index contributed by atoms with van der Waals surface area (Å²) in [6, 6.07) is 5.94. The molecule has 1 aromatic carbocycles. The monoisotopic (exact) mass is 425 g/mol. The van der Waals surface area contributed by atoms with Gasteiger partial charge in [0.05, 0.1) is 23.8 Å². The van der Waals surface area contributed by atoms with E-state index in [1.165, 1.54) is 12.1 Å². The molecule has 3 heterocycles. The molecule has 0 aliphatic carbocycles. The first-order valence-electron chi connectivity index (χ1n) is 10.9.